The first-order chi connectivity index (χ1) is 62.4. The molecule has 126 heavy (non-hydrogen) atoms. The molecular weight excluding hydrogens is 1540 g/mol. The van der Waals surface area contributed by atoms with E-state index < -0.39 is 0 Å². The molecule has 0 radical (unpaired) electrons. The van der Waals surface area contributed by atoms with Gasteiger partial charge in [0.15, 0.2) is 0 Å². The lowest BCUT2D eigenvalue weighted by Gasteiger charge is -2.16. The SMILES string of the molecule is CCCCCCCCCCCCc1ccc2c(n1)c1nc(CCCCCCCCCCCC)ccc1c1nc3c(nc21)c1nc2c4ccc(CCCCCCCCCCCC)nc4c4nc(CCCCCCCCCCCC)ccc4c2nc1c1nc2c4ccc(CCCCCCCCCCCC)nc4c4nc(CCCCCCCCCCCC)ccc4c2nc31. The van der Waals surface area contributed by atoms with Gasteiger partial charge in [-0.15, -0.1) is 0 Å². The first kappa shape index (κ1) is 95.7. The van der Waals surface area contributed by atoms with E-state index >= 15 is 0 Å². The highest BCUT2D eigenvalue weighted by molar-refractivity contribution is 6.30. The molecule has 0 N–H and O–H groups in total. The molecular formula is C114H162N12. The number of rotatable bonds is 66. The highest BCUT2D eigenvalue weighted by Gasteiger charge is 2.27. The van der Waals surface area contributed by atoms with Crippen molar-refractivity contribution in [3.05, 3.63) is 107 Å². The molecule has 4 aromatic carbocycles. The summed E-state index contributed by atoms with van der Waals surface area (Å²) >= 11 is 0. The maximum Gasteiger partial charge on any atom is 0.120 e. The number of aromatic nitrogens is 12. The second kappa shape index (κ2) is 53.3. The average molecular weight is 1700 g/mol. The Morgan fingerprint density at radius 2 is 0.214 bits per heavy atom. The highest BCUT2D eigenvalue weighted by atomic mass is 14.9. The summed E-state index contributed by atoms with van der Waals surface area (Å²) in [6.07, 6.45) is 83.4. The lowest BCUT2D eigenvalue weighted by molar-refractivity contribution is 0.555. The molecule has 12 heteroatoms. The van der Waals surface area contributed by atoms with E-state index in [9.17, 15) is 0 Å². The van der Waals surface area contributed by atoms with Crippen molar-refractivity contribution in [2.45, 2.75) is 465 Å². The van der Waals surface area contributed by atoms with Gasteiger partial charge in [0.05, 0.1) is 66.2 Å². The molecule has 0 aliphatic carbocycles. The number of unbranched alkanes of at least 4 members (excludes halogenated alkanes) is 54. The van der Waals surface area contributed by atoms with Crippen LogP contribution < -0.4 is 0 Å². The Morgan fingerprint density at radius 3 is 0.333 bits per heavy atom. The number of aryl methyl sites for hydroxylation is 6. The van der Waals surface area contributed by atoms with Gasteiger partial charge in [0, 0.05) is 66.5 Å². The molecule has 0 amide bonds. The first-order valence-corrected chi connectivity index (χ1v) is 53.2. The minimum absolute atomic E-state index is 0.637. The summed E-state index contributed by atoms with van der Waals surface area (Å²) in [7, 11) is 0. The van der Waals surface area contributed by atoms with Crippen LogP contribution in [0.3, 0.4) is 0 Å². The summed E-state index contributed by atoms with van der Waals surface area (Å²) in [5.74, 6) is 0. The number of fused-ring (bicyclic) bond motifs is 24. The van der Waals surface area contributed by atoms with Gasteiger partial charge >= 0.3 is 0 Å². The van der Waals surface area contributed by atoms with Gasteiger partial charge in [0.2, 0.25) is 0 Å². The van der Waals surface area contributed by atoms with Gasteiger partial charge in [0.1, 0.15) is 33.1 Å². The maximum absolute atomic E-state index is 6.03. The monoisotopic (exact) mass is 1700 g/mol. The quantitative estimate of drug-likeness (QED) is 0.0202. The predicted molar refractivity (Wildman–Crippen MR) is 543 cm³/mol. The van der Waals surface area contributed by atoms with E-state index in [-0.39, 0.29) is 0 Å². The second-order valence-corrected chi connectivity index (χ2v) is 38.6. The van der Waals surface area contributed by atoms with Gasteiger partial charge in [-0.25, -0.2) is 29.9 Å². The standard InChI is InChI=1S/C114H162N12/c1-7-13-19-25-31-37-43-49-55-61-67-85-73-79-91-97(115-85)98-92(80-74-86(116-98)68-62-56-50-44-38-32-26-20-14-8-2)104-103(91)121-109-110(122-104)112-114(126-108-96-84-78-90(72-66-60-54-48-42-36-30-24-18-12-6)120-102(96)101-95(107(108)124-112)83-77-89(119-101)71-65-59-53-47-41-35-29-23-17-11-5)113-111(109)123-105-93-81-75-87(69-63-57-51-45-39-33-27-21-15-9-3)117-99(93)100-94(106(105)125-113)82-76-88(118-100)70-64-58-52-46-40-34-28-22-16-10-4/h73-84H,7-72H2,1-6H3. The van der Waals surface area contributed by atoms with Gasteiger partial charge in [-0.3, -0.25) is 29.9 Å². The molecule has 0 aliphatic rings. The third kappa shape index (κ3) is 27.1. The molecule has 13 rings (SSSR count). The van der Waals surface area contributed by atoms with E-state index in [2.05, 4.69) is 114 Å². The van der Waals surface area contributed by atoms with Crippen LogP contribution in [0.4, 0.5) is 0 Å². The molecule has 0 atom stereocenters. The molecule has 0 bridgehead atoms. The lowest BCUT2D eigenvalue weighted by Crippen LogP contribution is -2.03. The molecule has 13 aromatic rings. The van der Waals surface area contributed by atoms with Crippen molar-refractivity contribution in [3.8, 4) is 0 Å². The van der Waals surface area contributed by atoms with Gasteiger partial charge in [-0.2, -0.15) is 0 Å². The Hall–Kier alpha value is -7.86. The Morgan fingerprint density at radius 1 is 0.111 bits per heavy atom. The van der Waals surface area contributed by atoms with Crippen LogP contribution in [-0.2, 0) is 38.5 Å². The molecule has 0 saturated heterocycles. The number of pyridine rings is 6. The van der Waals surface area contributed by atoms with Crippen molar-refractivity contribution in [1.29, 1.82) is 0 Å². The van der Waals surface area contributed by atoms with Crippen molar-refractivity contribution >= 4 is 132 Å². The van der Waals surface area contributed by atoms with Crippen molar-refractivity contribution in [2.75, 3.05) is 0 Å². The van der Waals surface area contributed by atoms with Crippen LogP contribution in [0, 0.1) is 0 Å². The number of hydrogen-bond donors (Lipinski definition) is 0. The van der Waals surface area contributed by atoms with Gasteiger partial charge in [-0.05, 0) is 150 Å². The molecule has 0 spiro atoms. The van der Waals surface area contributed by atoms with Crippen molar-refractivity contribution < 1.29 is 0 Å². The molecule has 12 nitrogen and oxygen atoms in total. The third-order valence-corrected chi connectivity index (χ3v) is 28.0. The van der Waals surface area contributed by atoms with Crippen molar-refractivity contribution in [2.24, 2.45) is 0 Å². The van der Waals surface area contributed by atoms with E-state index in [4.69, 9.17) is 59.8 Å². The van der Waals surface area contributed by atoms with Crippen LogP contribution in [0.2, 0.25) is 0 Å². The molecule has 678 valence electrons. The number of hydrogen-bond acceptors (Lipinski definition) is 12. The highest BCUT2D eigenvalue weighted by Crippen LogP contribution is 2.43. The Kier molecular flexibility index (Phi) is 40.5. The number of nitrogens with zero attached hydrogens (tertiary/aromatic N) is 12. The lowest BCUT2D eigenvalue weighted by atomic mass is 10.0. The molecule has 9 heterocycles. The molecule has 0 aliphatic heterocycles. The minimum Gasteiger partial charge on any atom is -0.250 e. The molecule has 9 aromatic heterocycles. The second-order valence-electron chi connectivity index (χ2n) is 38.6. The van der Waals surface area contributed by atoms with E-state index in [1.165, 1.54) is 347 Å². The Balaban J connectivity index is 0.965. The Bertz CT molecular complexity index is 4600. The first-order valence-electron chi connectivity index (χ1n) is 53.2. The summed E-state index contributed by atoms with van der Waals surface area (Å²) in [5, 5.41) is 5.67. The topological polar surface area (TPSA) is 155 Å². The van der Waals surface area contributed by atoms with E-state index in [1.54, 1.807) is 0 Å². The fourth-order valence-corrected chi connectivity index (χ4v) is 20.2. The maximum atomic E-state index is 6.03. The summed E-state index contributed by atoms with van der Waals surface area (Å²) in [6, 6.07) is 27.3. The van der Waals surface area contributed by atoms with Crippen LogP contribution in [0.15, 0.2) is 72.8 Å². The predicted octanol–water partition coefficient (Wildman–Crippen LogP) is 35.0. The Labute approximate surface area is 759 Å². The summed E-state index contributed by atoms with van der Waals surface area (Å²) in [4.78, 5) is 70.4. The molecule has 0 unspecified atom stereocenters. The zero-order valence-corrected chi connectivity index (χ0v) is 80.0. The van der Waals surface area contributed by atoms with Crippen molar-refractivity contribution in [1.82, 2.24) is 59.8 Å². The fraction of sp³-hybridized carbons (Fsp3) is 0.632. The van der Waals surface area contributed by atoms with Crippen LogP contribution in [0.1, 0.15) is 461 Å². The van der Waals surface area contributed by atoms with E-state index in [0.29, 0.717) is 33.1 Å². The number of benzene rings is 4. The summed E-state index contributed by atoms with van der Waals surface area (Å²) in [6.45, 7) is 13.9. The third-order valence-electron chi connectivity index (χ3n) is 28.0. The average Bonchev–Trinajstić information content (AvgIpc) is 0.694. The van der Waals surface area contributed by atoms with Crippen LogP contribution in [-0.4, -0.2) is 59.8 Å². The van der Waals surface area contributed by atoms with E-state index in [1.807, 2.05) is 0 Å². The van der Waals surface area contributed by atoms with E-state index in [0.717, 1.165) is 210 Å². The fourth-order valence-electron chi connectivity index (χ4n) is 20.2. The normalized spacial score (nSPS) is 12.2. The molecule has 0 fully saturated rings. The van der Waals surface area contributed by atoms with Crippen LogP contribution >= 0.6 is 0 Å². The largest absolute Gasteiger partial charge is 0.250 e. The van der Waals surface area contributed by atoms with Crippen molar-refractivity contribution in [3.63, 3.8) is 0 Å². The van der Waals surface area contributed by atoms with Gasteiger partial charge in [-0.1, -0.05) is 388 Å². The minimum atomic E-state index is 0.637. The summed E-state index contributed by atoms with van der Waals surface area (Å²) in [5.41, 5.74) is 20.5. The van der Waals surface area contributed by atoms with Gasteiger partial charge < -0.3 is 0 Å². The smallest absolute Gasteiger partial charge is 0.120 e. The van der Waals surface area contributed by atoms with Crippen LogP contribution in [0.5, 0.6) is 0 Å². The van der Waals surface area contributed by atoms with Gasteiger partial charge in [0.25, 0.3) is 0 Å². The molecule has 0 saturated carbocycles. The summed E-state index contributed by atoms with van der Waals surface area (Å²) < 4.78 is 0. The zero-order valence-electron chi connectivity index (χ0n) is 80.0. The van der Waals surface area contributed by atoms with Crippen LogP contribution in [0.25, 0.3) is 132 Å². The zero-order chi connectivity index (χ0) is 87.0.